The Hall–Kier alpha value is -1.50. The molecule has 21 heavy (non-hydrogen) atoms. The monoisotopic (exact) mass is 309 g/mol. The molecule has 1 unspecified atom stereocenters. The van der Waals surface area contributed by atoms with Crippen molar-refractivity contribution in [1.82, 2.24) is 4.90 Å². The number of hydrogen-bond acceptors (Lipinski definition) is 4. The van der Waals surface area contributed by atoms with Crippen LogP contribution in [0.15, 0.2) is 24.3 Å². The molecule has 0 fully saturated rings. The molecule has 0 spiro atoms. The lowest BCUT2D eigenvalue weighted by Gasteiger charge is -2.26. The van der Waals surface area contributed by atoms with Crippen LogP contribution in [-0.4, -0.2) is 48.6 Å². The van der Waals surface area contributed by atoms with E-state index in [0.717, 1.165) is 6.54 Å². The molecule has 116 valence electrons. The number of likely N-dealkylation sites (N-methyl/N-ethyl adjacent to an activating group) is 1. The van der Waals surface area contributed by atoms with Crippen LogP contribution in [0, 0.1) is 0 Å². The minimum atomic E-state index is -0.0940. The molecule has 5 nitrogen and oxygen atoms in total. The summed E-state index contributed by atoms with van der Waals surface area (Å²) in [5.41, 5.74) is 6.98. The molecule has 0 aliphatic rings. The van der Waals surface area contributed by atoms with Gasteiger partial charge in [-0.3, -0.25) is 9.69 Å². The van der Waals surface area contributed by atoms with E-state index in [2.05, 4.69) is 5.32 Å². The minimum Gasteiger partial charge on any atom is -0.389 e. The quantitative estimate of drug-likeness (QED) is 0.714. The number of ether oxygens (including phenoxy) is 1. The third-order valence-electron chi connectivity index (χ3n) is 3.25. The molecular weight excluding hydrogens is 286 g/mol. The van der Waals surface area contributed by atoms with Gasteiger partial charge in [0.05, 0.1) is 18.8 Å². The first kappa shape index (κ1) is 17.6. The fourth-order valence-corrected chi connectivity index (χ4v) is 2.29. The summed E-state index contributed by atoms with van der Waals surface area (Å²) < 4.78 is 5.13. The van der Waals surface area contributed by atoms with Crippen molar-refractivity contribution in [1.29, 1.82) is 0 Å². The van der Waals surface area contributed by atoms with E-state index in [9.17, 15) is 4.79 Å². The number of amides is 1. The van der Waals surface area contributed by atoms with Gasteiger partial charge in [0.1, 0.15) is 4.99 Å². The van der Waals surface area contributed by atoms with Gasteiger partial charge in [0.15, 0.2) is 0 Å². The number of para-hydroxylation sites is 1. The van der Waals surface area contributed by atoms with E-state index in [1.54, 1.807) is 19.2 Å². The summed E-state index contributed by atoms with van der Waals surface area (Å²) in [5, 5.41) is 2.86. The lowest BCUT2D eigenvalue weighted by molar-refractivity contribution is -0.118. The molecule has 0 heterocycles. The van der Waals surface area contributed by atoms with Gasteiger partial charge in [0.25, 0.3) is 0 Å². The third-order valence-corrected chi connectivity index (χ3v) is 3.47. The van der Waals surface area contributed by atoms with Gasteiger partial charge in [0, 0.05) is 18.7 Å². The first-order valence-electron chi connectivity index (χ1n) is 6.91. The summed E-state index contributed by atoms with van der Waals surface area (Å²) in [5.74, 6) is -0.0940. The van der Waals surface area contributed by atoms with Crippen LogP contribution in [-0.2, 0) is 9.53 Å². The Bertz CT molecular complexity index is 494. The highest BCUT2D eigenvalue weighted by Crippen LogP contribution is 2.14. The molecular formula is C15H23N3O2S. The van der Waals surface area contributed by atoms with Gasteiger partial charge in [-0.25, -0.2) is 0 Å². The zero-order valence-corrected chi connectivity index (χ0v) is 13.6. The highest BCUT2D eigenvalue weighted by Gasteiger charge is 2.16. The number of carbonyl (C=O) groups is 1. The zero-order chi connectivity index (χ0) is 15.8. The second-order valence-corrected chi connectivity index (χ2v) is 5.27. The van der Waals surface area contributed by atoms with E-state index in [1.165, 1.54) is 0 Å². The van der Waals surface area contributed by atoms with Crippen LogP contribution >= 0.6 is 12.2 Å². The number of nitrogens with one attached hydrogen (secondary N) is 1. The van der Waals surface area contributed by atoms with Crippen LogP contribution in [0.3, 0.4) is 0 Å². The Labute approximate surface area is 131 Å². The van der Waals surface area contributed by atoms with Crippen LogP contribution in [0.1, 0.15) is 19.4 Å². The standard InChI is InChI=1S/C15H23N3O2S/c1-4-18(11(2)10-20-3)9-14(19)17-13-8-6-5-7-12(13)15(16)21/h5-8,11H,4,9-10H2,1-3H3,(H2,16,21)(H,17,19). The van der Waals surface area contributed by atoms with Crippen LogP contribution in [0.2, 0.25) is 0 Å². The number of hydrogen-bond donors (Lipinski definition) is 2. The maximum absolute atomic E-state index is 12.2. The minimum absolute atomic E-state index is 0.0940. The number of nitrogens with zero attached hydrogens (tertiary/aromatic N) is 1. The summed E-state index contributed by atoms with van der Waals surface area (Å²) in [7, 11) is 1.66. The zero-order valence-electron chi connectivity index (χ0n) is 12.8. The fourth-order valence-electron chi connectivity index (χ4n) is 2.11. The molecule has 1 rings (SSSR count). The van der Waals surface area contributed by atoms with E-state index in [1.807, 2.05) is 30.9 Å². The summed E-state index contributed by atoms with van der Waals surface area (Å²) >= 11 is 4.99. The largest absolute Gasteiger partial charge is 0.389 e. The van der Waals surface area contributed by atoms with Crippen molar-refractivity contribution in [2.45, 2.75) is 19.9 Å². The first-order chi connectivity index (χ1) is 9.99. The SMILES string of the molecule is CCN(CC(=O)Nc1ccccc1C(N)=S)C(C)COC. The second kappa shape index (κ2) is 8.71. The Morgan fingerprint density at radius 1 is 1.48 bits per heavy atom. The van der Waals surface area contributed by atoms with Crippen molar-refractivity contribution in [2.75, 3.05) is 32.1 Å². The third kappa shape index (κ3) is 5.41. The molecule has 0 aliphatic heterocycles. The van der Waals surface area contributed by atoms with E-state index >= 15 is 0 Å². The van der Waals surface area contributed by atoms with Gasteiger partial charge in [-0.2, -0.15) is 0 Å². The number of benzene rings is 1. The molecule has 6 heteroatoms. The van der Waals surface area contributed by atoms with Crippen LogP contribution in [0.5, 0.6) is 0 Å². The van der Waals surface area contributed by atoms with Crippen molar-refractivity contribution in [3.8, 4) is 0 Å². The molecule has 3 N–H and O–H groups in total. The van der Waals surface area contributed by atoms with Gasteiger partial charge < -0.3 is 15.8 Å². The highest BCUT2D eigenvalue weighted by atomic mass is 32.1. The van der Waals surface area contributed by atoms with E-state index in [4.69, 9.17) is 22.7 Å². The number of anilines is 1. The number of nitrogens with two attached hydrogens (primary N) is 1. The molecule has 1 aromatic rings. The Kier molecular flexibility index (Phi) is 7.28. The van der Waals surface area contributed by atoms with Crippen molar-refractivity contribution in [3.63, 3.8) is 0 Å². The highest BCUT2D eigenvalue weighted by molar-refractivity contribution is 7.80. The van der Waals surface area contributed by atoms with Crippen molar-refractivity contribution < 1.29 is 9.53 Å². The molecule has 1 aromatic carbocycles. The maximum Gasteiger partial charge on any atom is 0.238 e. The average Bonchev–Trinajstić information content (AvgIpc) is 2.45. The molecule has 0 bridgehead atoms. The van der Waals surface area contributed by atoms with Crippen molar-refractivity contribution in [2.24, 2.45) is 5.73 Å². The van der Waals surface area contributed by atoms with Gasteiger partial charge >= 0.3 is 0 Å². The molecule has 1 amide bonds. The summed E-state index contributed by atoms with van der Waals surface area (Å²) in [4.78, 5) is 14.5. The smallest absolute Gasteiger partial charge is 0.238 e. The predicted molar refractivity (Wildman–Crippen MR) is 89.5 cm³/mol. The van der Waals surface area contributed by atoms with Crippen LogP contribution < -0.4 is 11.1 Å². The second-order valence-electron chi connectivity index (χ2n) is 4.83. The molecule has 0 aromatic heterocycles. The van der Waals surface area contributed by atoms with Crippen molar-refractivity contribution >= 4 is 28.8 Å². The molecule has 0 radical (unpaired) electrons. The molecule has 0 saturated carbocycles. The van der Waals surface area contributed by atoms with E-state index in [0.29, 0.717) is 24.4 Å². The maximum atomic E-state index is 12.2. The summed E-state index contributed by atoms with van der Waals surface area (Å²) in [6.45, 7) is 5.71. The number of methoxy groups -OCH3 is 1. The Balaban J connectivity index is 2.71. The first-order valence-corrected chi connectivity index (χ1v) is 7.32. The fraction of sp³-hybridized carbons (Fsp3) is 0.467. The number of thiocarbonyl (C=S) groups is 1. The van der Waals surface area contributed by atoms with E-state index < -0.39 is 0 Å². The van der Waals surface area contributed by atoms with Crippen molar-refractivity contribution in [3.05, 3.63) is 29.8 Å². The molecule has 1 atom stereocenters. The Morgan fingerprint density at radius 2 is 2.14 bits per heavy atom. The topological polar surface area (TPSA) is 67.6 Å². The molecule has 0 aliphatic carbocycles. The van der Waals surface area contributed by atoms with Gasteiger partial charge in [-0.1, -0.05) is 31.3 Å². The van der Waals surface area contributed by atoms with Gasteiger partial charge in [-0.05, 0) is 25.6 Å². The Morgan fingerprint density at radius 3 is 2.71 bits per heavy atom. The van der Waals surface area contributed by atoms with Crippen LogP contribution in [0.4, 0.5) is 5.69 Å². The summed E-state index contributed by atoms with van der Waals surface area (Å²) in [6, 6.07) is 7.44. The average molecular weight is 309 g/mol. The predicted octanol–water partition coefficient (Wildman–Crippen LogP) is 1.62. The normalized spacial score (nSPS) is 12.2. The number of rotatable bonds is 8. The van der Waals surface area contributed by atoms with Crippen LogP contribution in [0.25, 0.3) is 0 Å². The molecule has 0 saturated heterocycles. The van der Waals surface area contributed by atoms with Gasteiger partial charge in [-0.15, -0.1) is 0 Å². The number of carbonyl (C=O) groups excluding carboxylic acids is 1. The van der Waals surface area contributed by atoms with E-state index in [-0.39, 0.29) is 16.9 Å². The summed E-state index contributed by atoms with van der Waals surface area (Å²) in [6.07, 6.45) is 0. The lowest BCUT2D eigenvalue weighted by Crippen LogP contribution is -2.41. The lowest BCUT2D eigenvalue weighted by atomic mass is 10.1. The van der Waals surface area contributed by atoms with Gasteiger partial charge in [0.2, 0.25) is 5.91 Å².